The Kier molecular flexibility index (Phi) is 3.21. The molecular formula is C16H22N2O. The number of carbonyl (C=O) groups is 1. The summed E-state index contributed by atoms with van der Waals surface area (Å²) >= 11 is 0. The highest BCUT2D eigenvalue weighted by Crippen LogP contribution is 2.42. The third kappa shape index (κ3) is 2.75. The maximum Gasteiger partial charge on any atom is 0.317 e. The van der Waals surface area contributed by atoms with Crippen molar-refractivity contribution in [3.05, 3.63) is 35.4 Å². The molecule has 2 amide bonds. The van der Waals surface area contributed by atoms with E-state index in [1.54, 1.807) is 0 Å². The van der Waals surface area contributed by atoms with Gasteiger partial charge in [0.15, 0.2) is 0 Å². The van der Waals surface area contributed by atoms with Gasteiger partial charge in [-0.3, -0.25) is 0 Å². The first kappa shape index (κ1) is 12.5. The van der Waals surface area contributed by atoms with Crippen LogP contribution in [0.2, 0.25) is 0 Å². The summed E-state index contributed by atoms with van der Waals surface area (Å²) in [7, 11) is 1.91. The third-order valence-electron chi connectivity index (χ3n) is 4.31. The normalized spacial score (nSPS) is 19.9. The molecule has 19 heavy (non-hydrogen) atoms. The maximum atomic E-state index is 12.3. The Morgan fingerprint density at radius 2 is 1.95 bits per heavy atom. The first-order valence-electron chi connectivity index (χ1n) is 7.25. The van der Waals surface area contributed by atoms with E-state index in [0.29, 0.717) is 12.0 Å². The molecule has 1 N–H and O–H groups in total. The van der Waals surface area contributed by atoms with Crippen LogP contribution in [0, 0.1) is 12.8 Å². The average Bonchev–Trinajstić information content (AvgIpc) is 3.29. The van der Waals surface area contributed by atoms with Crippen molar-refractivity contribution in [2.75, 3.05) is 7.05 Å². The number of rotatable bonds is 4. The first-order valence-corrected chi connectivity index (χ1v) is 7.25. The number of hydrogen-bond acceptors (Lipinski definition) is 1. The summed E-state index contributed by atoms with van der Waals surface area (Å²) < 4.78 is 0. The fourth-order valence-corrected chi connectivity index (χ4v) is 2.68. The molecule has 2 aliphatic carbocycles. The van der Waals surface area contributed by atoms with E-state index in [0.717, 1.165) is 12.8 Å². The van der Waals surface area contributed by atoms with Gasteiger partial charge in [0.2, 0.25) is 0 Å². The van der Waals surface area contributed by atoms with Gasteiger partial charge < -0.3 is 10.2 Å². The highest BCUT2D eigenvalue weighted by molar-refractivity contribution is 5.75. The number of carbonyl (C=O) groups excluding carboxylic acids is 1. The Morgan fingerprint density at radius 1 is 1.26 bits per heavy atom. The molecule has 0 saturated heterocycles. The smallest absolute Gasteiger partial charge is 0.317 e. The quantitative estimate of drug-likeness (QED) is 0.883. The molecular weight excluding hydrogens is 236 g/mol. The van der Waals surface area contributed by atoms with Gasteiger partial charge in [-0.25, -0.2) is 4.79 Å². The topological polar surface area (TPSA) is 32.3 Å². The molecule has 0 spiro atoms. The number of benzene rings is 1. The number of amides is 2. The molecule has 1 atom stereocenters. The third-order valence-corrected chi connectivity index (χ3v) is 4.31. The van der Waals surface area contributed by atoms with Gasteiger partial charge in [0.25, 0.3) is 0 Å². The number of hydrogen-bond donors (Lipinski definition) is 1. The van der Waals surface area contributed by atoms with Crippen LogP contribution in [0.1, 0.15) is 42.9 Å². The van der Waals surface area contributed by atoms with Crippen molar-refractivity contribution in [1.29, 1.82) is 0 Å². The van der Waals surface area contributed by atoms with Crippen LogP contribution >= 0.6 is 0 Å². The Morgan fingerprint density at radius 3 is 2.53 bits per heavy atom. The molecule has 0 radical (unpaired) electrons. The van der Waals surface area contributed by atoms with Gasteiger partial charge in [-0.1, -0.05) is 24.3 Å². The standard InChI is InChI=1S/C16H22N2O/c1-11-5-3-4-6-14(11)15(12-7-8-12)17-16(19)18(2)13-9-10-13/h3-6,12-13,15H,7-10H2,1-2H3,(H,17,19)/t15-/m0/s1. The molecule has 2 fully saturated rings. The summed E-state index contributed by atoms with van der Waals surface area (Å²) in [6, 6.07) is 9.14. The molecule has 2 aliphatic rings. The number of urea groups is 1. The van der Waals surface area contributed by atoms with Crippen molar-refractivity contribution in [2.45, 2.75) is 44.7 Å². The second kappa shape index (κ2) is 4.87. The molecule has 0 aliphatic heterocycles. The largest absolute Gasteiger partial charge is 0.331 e. The van der Waals surface area contributed by atoms with E-state index < -0.39 is 0 Å². The van der Waals surface area contributed by atoms with Gasteiger partial charge in [0.05, 0.1) is 6.04 Å². The Bertz CT molecular complexity index is 477. The number of nitrogens with zero attached hydrogens (tertiary/aromatic N) is 1. The van der Waals surface area contributed by atoms with Crippen molar-refractivity contribution in [1.82, 2.24) is 10.2 Å². The van der Waals surface area contributed by atoms with E-state index in [1.807, 2.05) is 11.9 Å². The van der Waals surface area contributed by atoms with Crippen LogP contribution in [-0.2, 0) is 0 Å². The van der Waals surface area contributed by atoms with Gasteiger partial charge >= 0.3 is 6.03 Å². The monoisotopic (exact) mass is 258 g/mol. The molecule has 2 saturated carbocycles. The molecule has 1 aromatic rings. The van der Waals surface area contributed by atoms with Crippen LogP contribution in [0.3, 0.4) is 0 Å². The molecule has 0 unspecified atom stereocenters. The van der Waals surface area contributed by atoms with Crippen molar-refractivity contribution in [3.8, 4) is 0 Å². The molecule has 1 aromatic carbocycles. The minimum Gasteiger partial charge on any atom is -0.331 e. The molecule has 102 valence electrons. The Labute approximate surface area is 115 Å². The van der Waals surface area contributed by atoms with Crippen molar-refractivity contribution >= 4 is 6.03 Å². The summed E-state index contributed by atoms with van der Waals surface area (Å²) in [5.41, 5.74) is 2.55. The minimum absolute atomic E-state index is 0.0858. The molecule has 0 bridgehead atoms. The Hall–Kier alpha value is -1.51. The van der Waals surface area contributed by atoms with E-state index in [1.165, 1.54) is 24.0 Å². The maximum absolute atomic E-state index is 12.3. The SMILES string of the molecule is Cc1ccccc1[C@@H](NC(=O)N(C)C1CC1)C1CC1. The molecule has 3 nitrogen and oxygen atoms in total. The van der Waals surface area contributed by atoms with Gasteiger partial charge in [0.1, 0.15) is 0 Å². The molecule has 0 aromatic heterocycles. The van der Waals surface area contributed by atoms with E-state index >= 15 is 0 Å². The molecule has 3 heteroatoms. The van der Waals surface area contributed by atoms with Crippen LogP contribution in [-0.4, -0.2) is 24.0 Å². The van der Waals surface area contributed by atoms with Crippen molar-refractivity contribution in [3.63, 3.8) is 0 Å². The molecule has 0 heterocycles. The van der Waals surface area contributed by atoms with Crippen LogP contribution in [0.4, 0.5) is 4.79 Å². The summed E-state index contributed by atoms with van der Waals surface area (Å²) in [4.78, 5) is 14.1. The van der Waals surface area contributed by atoms with Gasteiger partial charge in [-0.05, 0) is 49.7 Å². The van der Waals surface area contributed by atoms with Crippen LogP contribution in [0.5, 0.6) is 0 Å². The Balaban J connectivity index is 1.74. The summed E-state index contributed by atoms with van der Waals surface area (Å²) in [5.74, 6) is 0.623. The summed E-state index contributed by atoms with van der Waals surface area (Å²) in [6.45, 7) is 2.13. The van der Waals surface area contributed by atoms with E-state index in [9.17, 15) is 4.79 Å². The average molecular weight is 258 g/mol. The number of nitrogens with one attached hydrogen (secondary N) is 1. The lowest BCUT2D eigenvalue weighted by Crippen LogP contribution is -2.41. The lowest BCUT2D eigenvalue weighted by Gasteiger charge is -2.25. The fourth-order valence-electron chi connectivity index (χ4n) is 2.68. The first-order chi connectivity index (χ1) is 9.16. The minimum atomic E-state index is 0.0858. The predicted molar refractivity (Wildman–Crippen MR) is 76.0 cm³/mol. The predicted octanol–water partition coefficient (Wildman–Crippen LogP) is 3.25. The van der Waals surface area contributed by atoms with E-state index in [4.69, 9.17) is 0 Å². The second-order valence-electron chi connectivity index (χ2n) is 5.96. The highest BCUT2D eigenvalue weighted by atomic mass is 16.2. The zero-order chi connectivity index (χ0) is 13.4. The number of aryl methyl sites for hydroxylation is 1. The second-order valence-corrected chi connectivity index (χ2v) is 5.96. The van der Waals surface area contributed by atoms with E-state index in [2.05, 4.69) is 36.5 Å². The molecule has 3 rings (SSSR count). The van der Waals surface area contributed by atoms with E-state index in [-0.39, 0.29) is 12.1 Å². The van der Waals surface area contributed by atoms with Gasteiger partial charge in [-0.15, -0.1) is 0 Å². The fraction of sp³-hybridized carbons (Fsp3) is 0.562. The van der Waals surface area contributed by atoms with Crippen molar-refractivity contribution < 1.29 is 4.79 Å². The summed E-state index contributed by atoms with van der Waals surface area (Å²) in [6.07, 6.45) is 4.77. The van der Waals surface area contributed by atoms with Gasteiger partial charge in [0, 0.05) is 13.1 Å². The van der Waals surface area contributed by atoms with Crippen LogP contribution in [0.25, 0.3) is 0 Å². The zero-order valence-electron chi connectivity index (χ0n) is 11.7. The van der Waals surface area contributed by atoms with Crippen molar-refractivity contribution in [2.24, 2.45) is 5.92 Å². The zero-order valence-corrected chi connectivity index (χ0v) is 11.7. The lowest BCUT2D eigenvalue weighted by atomic mass is 9.98. The lowest BCUT2D eigenvalue weighted by molar-refractivity contribution is 0.201. The van der Waals surface area contributed by atoms with Crippen LogP contribution < -0.4 is 5.32 Å². The highest BCUT2D eigenvalue weighted by Gasteiger charge is 2.36. The summed E-state index contributed by atoms with van der Waals surface area (Å²) in [5, 5.41) is 3.24. The van der Waals surface area contributed by atoms with Crippen LogP contribution in [0.15, 0.2) is 24.3 Å². The van der Waals surface area contributed by atoms with Gasteiger partial charge in [-0.2, -0.15) is 0 Å².